The van der Waals surface area contributed by atoms with Crippen molar-refractivity contribution in [3.05, 3.63) is 0 Å². The lowest BCUT2D eigenvalue weighted by Gasteiger charge is -2.28. The van der Waals surface area contributed by atoms with E-state index in [0.717, 1.165) is 31.6 Å². The van der Waals surface area contributed by atoms with Crippen LogP contribution in [-0.4, -0.2) is 5.78 Å². The van der Waals surface area contributed by atoms with Gasteiger partial charge in [-0.3, -0.25) is 4.79 Å². The predicted octanol–water partition coefficient (Wildman–Crippen LogP) is 4.60. The lowest BCUT2D eigenvalue weighted by atomic mass is 9.76. The van der Waals surface area contributed by atoms with Crippen LogP contribution in [0, 0.1) is 17.8 Å². The van der Waals surface area contributed by atoms with Crippen LogP contribution in [0.2, 0.25) is 0 Å². The van der Waals surface area contributed by atoms with Crippen LogP contribution in [0.15, 0.2) is 0 Å². The largest absolute Gasteiger partial charge is 0.299 e. The van der Waals surface area contributed by atoms with E-state index in [1.54, 1.807) is 0 Å². The molecule has 2 atom stereocenters. The Bertz CT molecular complexity index is 205. The molecule has 1 heteroatoms. The summed E-state index contributed by atoms with van der Waals surface area (Å²) in [6.45, 7) is 6.67. The highest BCUT2D eigenvalue weighted by Gasteiger charge is 2.26. The fourth-order valence-corrected chi connectivity index (χ4v) is 2.98. The van der Waals surface area contributed by atoms with Crippen molar-refractivity contribution in [2.75, 3.05) is 0 Å². The van der Waals surface area contributed by atoms with Gasteiger partial charge in [-0.1, -0.05) is 52.9 Å². The van der Waals surface area contributed by atoms with Crippen LogP contribution >= 0.6 is 0 Å². The average molecular weight is 224 g/mol. The Morgan fingerprint density at radius 1 is 1.19 bits per heavy atom. The van der Waals surface area contributed by atoms with Crippen molar-refractivity contribution < 1.29 is 4.79 Å². The first-order chi connectivity index (χ1) is 7.71. The third-order valence-electron chi connectivity index (χ3n) is 4.46. The molecule has 16 heavy (non-hydrogen) atoms. The van der Waals surface area contributed by atoms with Crippen molar-refractivity contribution in [2.24, 2.45) is 17.8 Å². The molecular formula is C15H28O. The minimum Gasteiger partial charge on any atom is -0.299 e. The van der Waals surface area contributed by atoms with Gasteiger partial charge in [-0.25, -0.2) is 0 Å². The first-order valence-corrected chi connectivity index (χ1v) is 7.23. The molecule has 2 unspecified atom stereocenters. The van der Waals surface area contributed by atoms with Crippen LogP contribution in [0.25, 0.3) is 0 Å². The molecule has 1 aliphatic carbocycles. The molecule has 1 aliphatic rings. The molecule has 0 heterocycles. The monoisotopic (exact) mass is 224 g/mol. The summed E-state index contributed by atoms with van der Waals surface area (Å²) in [7, 11) is 0. The summed E-state index contributed by atoms with van der Waals surface area (Å²) in [5, 5.41) is 0. The Hall–Kier alpha value is -0.330. The van der Waals surface area contributed by atoms with Crippen LogP contribution < -0.4 is 0 Å². The lowest BCUT2D eigenvalue weighted by molar-refractivity contribution is -0.125. The Morgan fingerprint density at radius 2 is 1.88 bits per heavy atom. The van der Waals surface area contributed by atoms with Crippen molar-refractivity contribution in [3.63, 3.8) is 0 Å². The van der Waals surface area contributed by atoms with Crippen LogP contribution in [0.5, 0.6) is 0 Å². The first kappa shape index (κ1) is 13.7. The number of hydrogen-bond donors (Lipinski definition) is 0. The van der Waals surface area contributed by atoms with Crippen molar-refractivity contribution in [3.8, 4) is 0 Å². The second kappa shape index (κ2) is 7.09. The third-order valence-corrected chi connectivity index (χ3v) is 4.46. The molecule has 0 radical (unpaired) electrons. The van der Waals surface area contributed by atoms with Gasteiger partial charge in [-0.2, -0.15) is 0 Å². The van der Waals surface area contributed by atoms with Crippen LogP contribution in [0.4, 0.5) is 0 Å². The average Bonchev–Trinajstić information content (AvgIpc) is 2.35. The number of carbonyl (C=O) groups excluding carboxylic acids is 1. The summed E-state index contributed by atoms with van der Waals surface area (Å²) < 4.78 is 0. The SMILES string of the molecule is CCC(CC)CC(=O)C1CCCC(CC)C1. The van der Waals surface area contributed by atoms with Gasteiger partial charge >= 0.3 is 0 Å². The van der Waals surface area contributed by atoms with E-state index in [0.29, 0.717) is 17.6 Å². The van der Waals surface area contributed by atoms with Gasteiger partial charge in [-0.15, -0.1) is 0 Å². The van der Waals surface area contributed by atoms with Gasteiger partial charge in [0.2, 0.25) is 0 Å². The highest BCUT2D eigenvalue weighted by atomic mass is 16.1. The van der Waals surface area contributed by atoms with Gasteiger partial charge < -0.3 is 0 Å². The predicted molar refractivity (Wildman–Crippen MR) is 69.4 cm³/mol. The van der Waals surface area contributed by atoms with Crippen molar-refractivity contribution in [2.45, 2.75) is 72.1 Å². The zero-order chi connectivity index (χ0) is 12.0. The maximum atomic E-state index is 12.2. The second-order valence-electron chi connectivity index (χ2n) is 5.49. The van der Waals surface area contributed by atoms with Gasteiger partial charge in [0.25, 0.3) is 0 Å². The molecule has 1 saturated carbocycles. The Labute approximate surface area is 101 Å². The minimum atomic E-state index is 0.402. The zero-order valence-electron chi connectivity index (χ0n) is 11.3. The highest BCUT2D eigenvalue weighted by Crippen LogP contribution is 2.33. The summed E-state index contributed by atoms with van der Waals surface area (Å²) >= 11 is 0. The second-order valence-corrected chi connectivity index (χ2v) is 5.49. The minimum absolute atomic E-state index is 0.402. The van der Waals surface area contributed by atoms with E-state index in [1.807, 2.05) is 0 Å². The molecule has 0 bridgehead atoms. The van der Waals surface area contributed by atoms with E-state index in [2.05, 4.69) is 20.8 Å². The van der Waals surface area contributed by atoms with E-state index in [4.69, 9.17) is 0 Å². The van der Waals surface area contributed by atoms with Gasteiger partial charge in [0.15, 0.2) is 0 Å². The number of ketones is 1. The fraction of sp³-hybridized carbons (Fsp3) is 0.933. The van der Waals surface area contributed by atoms with E-state index in [1.165, 1.54) is 25.7 Å². The van der Waals surface area contributed by atoms with Gasteiger partial charge in [0.1, 0.15) is 5.78 Å². The maximum absolute atomic E-state index is 12.2. The molecule has 0 spiro atoms. The van der Waals surface area contributed by atoms with E-state index in [9.17, 15) is 4.79 Å². The summed E-state index contributed by atoms with van der Waals surface area (Å²) in [6.07, 6.45) is 9.38. The molecule has 1 rings (SSSR count). The normalized spacial score (nSPS) is 26.0. The van der Waals surface area contributed by atoms with Gasteiger partial charge in [0.05, 0.1) is 0 Å². The molecule has 1 nitrogen and oxygen atoms in total. The van der Waals surface area contributed by atoms with Gasteiger partial charge in [-0.05, 0) is 24.7 Å². The topological polar surface area (TPSA) is 17.1 Å². The zero-order valence-corrected chi connectivity index (χ0v) is 11.3. The highest BCUT2D eigenvalue weighted by molar-refractivity contribution is 5.81. The third kappa shape index (κ3) is 3.92. The summed E-state index contributed by atoms with van der Waals surface area (Å²) in [5.74, 6) is 2.42. The molecule has 0 aliphatic heterocycles. The molecule has 94 valence electrons. The summed E-state index contributed by atoms with van der Waals surface area (Å²) in [5.41, 5.74) is 0. The van der Waals surface area contributed by atoms with Crippen LogP contribution in [0.3, 0.4) is 0 Å². The number of hydrogen-bond acceptors (Lipinski definition) is 1. The molecule has 0 aromatic carbocycles. The molecule has 0 saturated heterocycles. The number of carbonyl (C=O) groups is 1. The smallest absolute Gasteiger partial charge is 0.136 e. The van der Waals surface area contributed by atoms with Crippen LogP contribution in [0.1, 0.15) is 72.1 Å². The molecule has 1 fully saturated rings. The van der Waals surface area contributed by atoms with E-state index >= 15 is 0 Å². The lowest BCUT2D eigenvalue weighted by Crippen LogP contribution is -2.24. The van der Waals surface area contributed by atoms with Crippen LogP contribution in [-0.2, 0) is 4.79 Å². The Kier molecular flexibility index (Phi) is 6.08. The Balaban J connectivity index is 2.40. The molecule has 0 aromatic heterocycles. The van der Waals surface area contributed by atoms with Crippen molar-refractivity contribution in [1.29, 1.82) is 0 Å². The number of rotatable bonds is 6. The van der Waals surface area contributed by atoms with Crippen molar-refractivity contribution in [1.82, 2.24) is 0 Å². The van der Waals surface area contributed by atoms with E-state index in [-0.39, 0.29) is 0 Å². The Morgan fingerprint density at radius 3 is 2.44 bits per heavy atom. The standard InChI is InChI=1S/C15H28O/c1-4-12(5-2)11-15(16)14-9-7-8-13(6-3)10-14/h12-14H,4-11H2,1-3H3. The fourth-order valence-electron chi connectivity index (χ4n) is 2.98. The molecular weight excluding hydrogens is 196 g/mol. The molecule has 0 aromatic rings. The molecule has 0 amide bonds. The summed E-state index contributed by atoms with van der Waals surface area (Å²) in [6, 6.07) is 0. The number of Topliss-reactive ketones (excluding diaryl/α,β-unsaturated/α-hetero) is 1. The first-order valence-electron chi connectivity index (χ1n) is 7.23. The summed E-state index contributed by atoms with van der Waals surface area (Å²) in [4.78, 5) is 12.2. The molecule has 0 N–H and O–H groups in total. The quantitative estimate of drug-likeness (QED) is 0.644. The van der Waals surface area contributed by atoms with E-state index < -0.39 is 0 Å². The van der Waals surface area contributed by atoms with Crippen molar-refractivity contribution >= 4 is 5.78 Å². The van der Waals surface area contributed by atoms with Gasteiger partial charge in [0, 0.05) is 12.3 Å². The maximum Gasteiger partial charge on any atom is 0.136 e.